The van der Waals surface area contributed by atoms with E-state index in [0.29, 0.717) is 5.57 Å². The summed E-state index contributed by atoms with van der Waals surface area (Å²) in [6.07, 6.45) is 1.58. The Morgan fingerprint density at radius 2 is 1.94 bits per heavy atom. The minimum Gasteiger partial charge on any atom is -0.360 e. The first-order valence-electron chi connectivity index (χ1n) is 4.56. The Bertz CT molecular complexity index is 483. The Balaban J connectivity index is 2.56. The molecule has 16 heavy (non-hydrogen) atoms. The number of rotatable bonds is 0. The molecule has 0 unspecified atom stereocenters. The highest BCUT2D eigenvalue weighted by atomic mass is 35.6. The van der Waals surface area contributed by atoms with E-state index in [1.165, 1.54) is 0 Å². The van der Waals surface area contributed by atoms with Gasteiger partial charge in [-0.1, -0.05) is 53.0 Å². The maximum atomic E-state index is 9.02. The standard InChI is InChI=1S/C11H7Cl3N2/c12-11(13,14)10-7(5-15)6-16-9-4-2-1-3-8(9)10/h1-4,6,10,16H/t10-/m1/s1. The summed E-state index contributed by atoms with van der Waals surface area (Å²) < 4.78 is -1.53. The molecule has 1 aromatic rings. The van der Waals surface area contributed by atoms with Crippen LogP contribution in [0, 0.1) is 11.3 Å². The molecule has 0 bridgehead atoms. The number of para-hydroxylation sites is 1. The number of anilines is 1. The molecule has 82 valence electrons. The summed E-state index contributed by atoms with van der Waals surface area (Å²) in [5.74, 6) is -0.528. The van der Waals surface area contributed by atoms with Crippen LogP contribution in [0.3, 0.4) is 0 Å². The van der Waals surface area contributed by atoms with Gasteiger partial charge in [-0.2, -0.15) is 5.26 Å². The second-order valence-electron chi connectivity index (χ2n) is 3.42. The van der Waals surface area contributed by atoms with Gasteiger partial charge in [0.2, 0.25) is 3.79 Å². The van der Waals surface area contributed by atoms with E-state index in [0.717, 1.165) is 11.3 Å². The second kappa shape index (κ2) is 4.18. The SMILES string of the molecule is N#CC1=CNc2ccccc2[C@@H]1C(Cl)(Cl)Cl. The first-order chi connectivity index (χ1) is 7.54. The van der Waals surface area contributed by atoms with E-state index in [-0.39, 0.29) is 0 Å². The fraction of sp³-hybridized carbons (Fsp3) is 0.182. The maximum Gasteiger partial charge on any atom is 0.202 e. The van der Waals surface area contributed by atoms with E-state index in [9.17, 15) is 0 Å². The molecular formula is C11H7Cl3N2. The van der Waals surface area contributed by atoms with Crippen molar-refractivity contribution in [3.8, 4) is 6.07 Å². The van der Waals surface area contributed by atoms with Crippen LogP contribution in [-0.2, 0) is 0 Å². The predicted octanol–water partition coefficient (Wildman–Crippen LogP) is 3.97. The molecule has 1 aliphatic heterocycles. The van der Waals surface area contributed by atoms with Gasteiger partial charge in [0.15, 0.2) is 0 Å². The lowest BCUT2D eigenvalue weighted by molar-refractivity contribution is 0.832. The number of fused-ring (bicyclic) bond motifs is 1. The molecule has 1 N–H and O–H groups in total. The summed E-state index contributed by atoms with van der Waals surface area (Å²) in [6.45, 7) is 0. The molecule has 5 heteroatoms. The zero-order valence-corrected chi connectivity index (χ0v) is 10.3. The number of hydrogen-bond acceptors (Lipinski definition) is 2. The second-order valence-corrected chi connectivity index (χ2v) is 5.79. The van der Waals surface area contributed by atoms with E-state index in [1.807, 2.05) is 30.3 Å². The zero-order chi connectivity index (χ0) is 11.8. The zero-order valence-electron chi connectivity index (χ0n) is 8.05. The van der Waals surface area contributed by atoms with E-state index in [4.69, 9.17) is 40.1 Å². The Morgan fingerprint density at radius 3 is 2.56 bits per heavy atom. The van der Waals surface area contributed by atoms with Crippen LogP contribution in [-0.4, -0.2) is 3.79 Å². The first-order valence-corrected chi connectivity index (χ1v) is 5.70. The molecule has 0 aromatic heterocycles. The minimum absolute atomic E-state index is 0.415. The Labute approximate surface area is 108 Å². The molecule has 1 atom stereocenters. The van der Waals surface area contributed by atoms with Gasteiger partial charge in [0.25, 0.3) is 0 Å². The largest absolute Gasteiger partial charge is 0.360 e. The topological polar surface area (TPSA) is 35.8 Å². The number of allylic oxidation sites excluding steroid dienone is 1. The third-order valence-electron chi connectivity index (χ3n) is 2.42. The number of halogens is 3. The maximum absolute atomic E-state index is 9.02. The minimum atomic E-state index is -1.53. The van der Waals surface area contributed by atoms with E-state index < -0.39 is 9.71 Å². The van der Waals surface area contributed by atoms with Gasteiger partial charge in [-0.05, 0) is 11.6 Å². The van der Waals surface area contributed by atoms with Crippen molar-refractivity contribution in [1.82, 2.24) is 0 Å². The quantitative estimate of drug-likeness (QED) is 0.726. The number of alkyl halides is 3. The van der Waals surface area contributed by atoms with Crippen LogP contribution in [0.25, 0.3) is 0 Å². The average Bonchev–Trinajstić information content (AvgIpc) is 2.26. The normalized spacial score (nSPS) is 19.1. The van der Waals surface area contributed by atoms with Gasteiger partial charge in [-0.3, -0.25) is 0 Å². The lowest BCUT2D eigenvalue weighted by Gasteiger charge is -2.29. The van der Waals surface area contributed by atoms with Gasteiger partial charge in [0.1, 0.15) is 0 Å². The Kier molecular flexibility index (Phi) is 3.03. The molecule has 2 rings (SSSR count). The number of benzene rings is 1. The van der Waals surface area contributed by atoms with Crippen molar-refractivity contribution in [2.75, 3.05) is 5.32 Å². The average molecular weight is 274 g/mol. The van der Waals surface area contributed by atoms with Crippen LogP contribution in [0.4, 0.5) is 5.69 Å². The lowest BCUT2D eigenvalue weighted by Crippen LogP contribution is -2.23. The van der Waals surface area contributed by atoms with Crippen molar-refractivity contribution in [3.05, 3.63) is 41.6 Å². The summed E-state index contributed by atoms with van der Waals surface area (Å²) in [6, 6.07) is 9.50. The van der Waals surface area contributed by atoms with Crippen molar-refractivity contribution in [1.29, 1.82) is 5.26 Å². The van der Waals surface area contributed by atoms with Crippen LogP contribution in [0.5, 0.6) is 0 Å². The lowest BCUT2D eigenvalue weighted by atomic mass is 9.90. The third-order valence-corrected chi connectivity index (χ3v) is 3.08. The van der Waals surface area contributed by atoms with Gasteiger partial charge in [-0.15, -0.1) is 0 Å². The molecule has 2 nitrogen and oxygen atoms in total. The van der Waals surface area contributed by atoms with Gasteiger partial charge >= 0.3 is 0 Å². The summed E-state index contributed by atoms with van der Waals surface area (Å²) in [5.41, 5.74) is 2.10. The number of nitriles is 1. The molecular weight excluding hydrogens is 266 g/mol. The van der Waals surface area contributed by atoms with Crippen molar-refractivity contribution in [3.63, 3.8) is 0 Å². The molecule has 0 aliphatic carbocycles. The number of nitrogens with zero attached hydrogens (tertiary/aromatic N) is 1. The van der Waals surface area contributed by atoms with Crippen LogP contribution < -0.4 is 5.32 Å². The van der Waals surface area contributed by atoms with Gasteiger partial charge in [0.05, 0.1) is 17.6 Å². The van der Waals surface area contributed by atoms with Crippen molar-refractivity contribution in [2.45, 2.75) is 9.71 Å². The smallest absolute Gasteiger partial charge is 0.202 e. The molecule has 0 saturated heterocycles. The first kappa shape index (κ1) is 11.6. The molecule has 0 radical (unpaired) electrons. The van der Waals surface area contributed by atoms with Gasteiger partial charge < -0.3 is 5.32 Å². The summed E-state index contributed by atoms with van der Waals surface area (Å²) in [7, 11) is 0. The van der Waals surface area contributed by atoms with Crippen LogP contribution in [0.1, 0.15) is 11.5 Å². The van der Waals surface area contributed by atoms with Crippen molar-refractivity contribution in [2.24, 2.45) is 0 Å². The molecule has 1 heterocycles. The fourth-order valence-electron chi connectivity index (χ4n) is 1.74. The Hall–Kier alpha value is -0.880. The van der Waals surface area contributed by atoms with Crippen LogP contribution in [0.15, 0.2) is 36.0 Å². The van der Waals surface area contributed by atoms with Crippen molar-refractivity contribution >= 4 is 40.5 Å². The summed E-state index contributed by atoms with van der Waals surface area (Å²) in [4.78, 5) is 0. The molecule has 0 fully saturated rings. The predicted molar refractivity (Wildman–Crippen MR) is 66.8 cm³/mol. The highest BCUT2D eigenvalue weighted by Gasteiger charge is 2.39. The van der Waals surface area contributed by atoms with E-state index in [2.05, 4.69) is 5.32 Å². The highest BCUT2D eigenvalue weighted by molar-refractivity contribution is 6.68. The molecule has 1 aromatic carbocycles. The van der Waals surface area contributed by atoms with Gasteiger partial charge in [0, 0.05) is 11.9 Å². The molecule has 0 spiro atoms. The van der Waals surface area contributed by atoms with E-state index >= 15 is 0 Å². The number of hydrogen-bond donors (Lipinski definition) is 1. The fourth-order valence-corrected chi connectivity index (χ4v) is 2.44. The summed E-state index contributed by atoms with van der Waals surface area (Å²) in [5, 5.41) is 12.0. The monoisotopic (exact) mass is 272 g/mol. The van der Waals surface area contributed by atoms with Gasteiger partial charge in [-0.25, -0.2) is 0 Å². The molecule has 0 amide bonds. The summed E-state index contributed by atoms with van der Waals surface area (Å²) >= 11 is 17.8. The van der Waals surface area contributed by atoms with Crippen LogP contribution >= 0.6 is 34.8 Å². The van der Waals surface area contributed by atoms with Crippen molar-refractivity contribution < 1.29 is 0 Å². The van der Waals surface area contributed by atoms with E-state index in [1.54, 1.807) is 6.20 Å². The molecule has 1 aliphatic rings. The third kappa shape index (κ3) is 1.99. The number of nitrogens with one attached hydrogen (secondary N) is 1. The molecule has 0 saturated carbocycles. The highest BCUT2D eigenvalue weighted by Crippen LogP contribution is 2.49. The Morgan fingerprint density at radius 1 is 1.25 bits per heavy atom. The van der Waals surface area contributed by atoms with Crippen LogP contribution in [0.2, 0.25) is 0 Å².